The van der Waals surface area contributed by atoms with Crippen molar-refractivity contribution in [1.29, 1.82) is 0 Å². The van der Waals surface area contributed by atoms with Crippen LogP contribution in [-0.4, -0.2) is 43.4 Å². The maximum atomic E-state index is 12.3. The van der Waals surface area contributed by atoms with Crippen LogP contribution in [0, 0.1) is 0 Å². The summed E-state index contributed by atoms with van der Waals surface area (Å²) in [5.41, 5.74) is 6.21. The predicted octanol–water partition coefficient (Wildman–Crippen LogP) is 2.77. The van der Waals surface area contributed by atoms with Gasteiger partial charge in [-0.05, 0) is 23.8 Å². The summed E-state index contributed by atoms with van der Waals surface area (Å²) in [6, 6.07) is 15.8. The normalized spacial score (nSPS) is 14.8. The minimum atomic E-state index is -0.233. The molecule has 6 heteroatoms. The molecule has 6 nitrogen and oxygen atoms in total. The lowest BCUT2D eigenvalue weighted by Gasteiger charge is -2.28. The van der Waals surface area contributed by atoms with E-state index in [1.165, 1.54) is 5.69 Å². The summed E-state index contributed by atoms with van der Waals surface area (Å²) in [7, 11) is 0. The summed E-state index contributed by atoms with van der Waals surface area (Å²) in [5.74, 6) is -0.233. The predicted molar refractivity (Wildman–Crippen MR) is 103 cm³/mol. The average Bonchev–Trinajstić information content (AvgIpc) is 3.13. The Morgan fingerprint density at radius 1 is 1.12 bits per heavy atom. The Balaban J connectivity index is 1.39. The number of para-hydroxylation sites is 1. The second kappa shape index (κ2) is 7.41. The van der Waals surface area contributed by atoms with Crippen molar-refractivity contribution in [3.05, 3.63) is 65.9 Å². The van der Waals surface area contributed by atoms with E-state index in [0.29, 0.717) is 5.56 Å². The third-order valence-electron chi connectivity index (χ3n) is 4.48. The van der Waals surface area contributed by atoms with Crippen LogP contribution in [-0.2, 0) is 4.74 Å². The number of carbonyl (C=O) groups is 1. The number of hydrazone groups is 1. The molecule has 0 spiro atoms. The van der Waals surface area contributed by atoms with Gasteiger partial charge in [-0.1, -0.05) is 30.3 Å². The third-order valence-corrected chi connectivity index (χ3v) is 4.48. The highest BCUT2D eigenvalue weighted by Gasteiger charge is 2.11. The Bertz CT molecular complexity index is 924. The molecule has 3 aromatic rings. The van der Waals surface area contributed by atoms with Gasteiger partial charge in [-0.3, -0.25) is 4.79 Å². The van der Waals surface area contributed by atoms with E-state index >= 15 is 0 Å². The third kappa shape index (κ3) is 3.45. The fourth-order valence-electron chi connectivity index (χ4n) is 3.08. The largest absolute Gasteiger partial charge is 0.378 e. The van der Waals surface area contributed by atoms with E-state index in [1.807, 2.05) is 36.4 Å². The van der Waals surface area contributed by atoms with Crippen molar-refractivity contribution in [2.24, 2.45) is 5.10 Å². The van der Waals surface area contributed by atoms with Gasteiger partial charge in [-0.25, -0.2) is 5.43 Å². The number of hydrogen-bond acceptors (Lipinski definition) is 4. The first-order valence-corrected chi connectivity index (χ1v) is 8.63. The van der Waals surface area contributed by atoms with E-state index in [1.54, 1.807) is 12.4 Å². The molecule has 1 aromatic heterocycles. The Kier molecular flexibility index (Phi) is 4.66. The lowest BCUT2D eigenvalue weighted by Crippen LogP contribution is -2.36. The molecule has 0 aliphatic carbocycles. The number of amides is 1. The quantitative estimate of drug-likeness (QED) is 0.563. The molecule has 26 heavy (non-hydrogen) atoms. The van der Waals surface area contributed by atoms with Crippen molar-refractivity contribution in [3.63, 3.8) is 0 Å². The molecule has 0 saturated carbocycles. The van der Waals surface area contributed by atoms with Gasteiger partial charge >= 0.3 is 0 Å². The van der Waals surface area contributed by atoms with Crippen LogP contribution in [0.3, 0.4) is 0 Å². The summed E-state index contributed by atoms with van der Waals surface area (Å²) < 4.78 is 5.37. The smallest absolute Gasteiger partial charge is 0.273 e. The van der Waals surface area contributed by atoms with E-state index in [2.05, 4.69) is 32.5 Å². The number of rotatable bonds is 4. The van der Waals surface area contributed by atoms with Crippen molar-refractivity contribution in [2.75, 3.05) is 31.2 Å². The van der Waals surface area contributed by atoms with E-state index in [9.17, 15) is 4.79 Å². The fraction of sp³-hybridized carbons (Fsp3) is 0.200. The number of ether oxygens (including phenoxy) is 1. The number of carbonyl (C=O) groups excluding carboxylic acids is 1. The Hall–Kier alpha value is -3.12. The number of aromatic amines is 1. The number of benzene rings is 2. The SMILES string of the molecule is O=C(N/N=C\c1ccc(N2CCOCC2)cc1)c1c[nH]c2ccccc12. The first-order valence-electron chi connectivity index (χ1n) is 8.63. The molecule has 1 amide bonds. The highest BCUT2D eigenvalue weighted by molar-refractivity contribution is 6.06. The number of nitrogens with one attached hydrogen (secondary N) is 2. The van der Waals surface area contributed by atoms with Crippen LogP contribution in [0.1, 0.15) is 15.9 Å². The van der Waals surface area contributed by atoms with Crippen LogP contribution < -0.4 is 10.3 Å². The molecule has 1 aliphatic rings. The molecule has 0 radical (unpaired) electrons. The zero-order valence-electron chi connectivity index (χ0n) is 14.3. The van der Waals surface area contributed by atoms with E-state index in [-0.39, 0.29) is 5.91 Å². The van der Waals surface area contributed by atoms with Crippen molar-refractivity contribution in [1.82, 2.24) is 10.4 Å². The molecule has 1 aliphatic heterocycles. The number of H-pyrrole nitrogens is 1. The topological polar surface area (TPSA) is 69.7 Å². The monoisotopic (exact) mass is 348 g/mol. The molecule has 0 atom stereocenters. The number of morpholine rings is 1. The molecule has 0 unspecified atom stereocenters. The Labute approximate surface area is 151 Å². The lowest BCUT2D eigenvalue weighted by molar-refractivity contribution is 0.0957. The fourth-order valence-corrected chi connectivity index (χ4v) is 3.08. The van der Waals surface area contributed by atoms with Crippen LogP contribution >= 0.6 is 0 Å². The minimum absolute atomic E-state index is 0.233. The van der Waals surface area contributed by atoms with Crippen molar-refractivity contribution in [3.8, 4) is 0 Å². The summed E-state index contributed by atoms with van der Waals surface area (Å²) >= 11 is 0. The van der Waals surface area contributed by atoms with E-state index in [4.69, 9.17) is 4.74 Å². The van der Waals surface area contributed by atoms with Gasteiger partial charge in [-0.15, -0.1) is 0 Å². The zero-order chi connectivity index (χ0) is 17.8. The number of anilines is 1. The van der Waals surface area contributed by atoms with Crippen molar-refractivity contribution >= 4 is 28.7 Å². The maximum absolute atomic E-state index is 12.3. The summed E-state index contributed by atoms with van der Waals surface area (Å²) in [5, 5.41) is 4.96. The van der Waals surface area contributed by atoms with Gasteiger partial charge < -0.3 is 14.6 Å². The van der Waals surface area contributed by atoms with Crippen molar-refractivity contribution in [2.45, 2.75) is 0 Å². The summed E-state index contributed by atoms with van der Waals surface area (Å²) in [6.07, 6.45) is 3.35. The molecule has 2 N–H and O–H groups in total. The van der Waals surface area contributed by atoms with Gasteiger partial charge in [0.1, 0.15) is 0 Å². The first-order chi connectivity index (χ1) is 12.8. The van der Waals surface area contributed by atoms with Crippen LogP contribution in [0.5, 0.6) is 0 Å². The van der Waals surface area contributed by atoms with Crippen LogP contribution in [0.15, 0.2) is 59.8 Å². The highest BCUT2D eigenvalue weighted by atomic mass is 16.5. The second-order valence-electron chi connectivity index (χ2n) is 6.14. The van der Waals surface area contributed by atoms with E-state index < -0.39 is 0 Å². The lowest BCUT2D eigenvalue weighted by atomic mass is 10.2. The molecule has 1 saturated heterocycles. The average molecular weight is 348 g/mol. The van der Waals surface area contributed by atoms with E-state index in [0.717, 1.165) is 42.8 Å². The number of hydrogen-bond donors (Lipinski definition) is 2. The van der Waals surface area contributed by atoms with Gasteiger partial charge in [0.05, 0.1) is 25.0 Å². The molecule has 4 rings (SSSR count). The van der Waals surface area contributed by atoms with Gasteiger partial charge in [0, 0.05) is 35.9 Å². The van der Waals surface area contributed by atoms with Gasteiger partial charge in [-0.2, -0.15) is 5.10 Å². The highest BCUT2D eigenvalue weighted by Crippen LogP contribution is 2.18. The van der Waals surface area contributed by atoms with Gasteiger partial charge in [0.25, 0.3) is 5.91 Å². The molecular formula is C20H20N4O2. The van der Waals surface area contributed by atoms with Gasteiger partial charge in [0.2, 0.25) is 0 Å². The number of nitrogens with zero attached hydrogens (tertiary/aromatic N) is 2. The number of aromatic nitrogens is 1. The molecule has 2 heterocycles. The first kappa shape index (κ1) is 16.4. The molecule has 2 aromatic carbocycles. The summed E-state index contributed by atoms with van der Waals surface area (Å²) in [6.45, 7) is 3.36. The zero-order valence-corrected chi connectivity index (χ0v) is 14.3. The van der Waals surface area contributed by atoms with Crippen molar-refractivity contribution < 1.29 is 9.53 Å². The van der Waals surface area contributed by atoms with Gasteiger partial charge in [0.15, 0.2) is 0 Å². The van der Waals surface area contributed by atoms with Crippen LogP contribution in [0.2, 0.25) is 0 Å². The van der Waals surface area contributed by atoms with Crippen LogP contribution in [0.4, 0.5) is 5.69 Å². The number of fused-ring (bicyclic) bond motifs is 1. The van der Waals surface area contributed by atoms with Crippen LogP contribution in [0.25, 0.3) is 10.9 Å². The summed E-state index contributed by atoms with van der Waals surface area (Å²) in [4.78, 5) is 17.7. The Morgan fingerprint density at radius 3 is 2.69 bits per heavy atom. The maximum Gasteiger partial charge on any atom is 0.273 e. The minimum Gasteiger partial charge on any atom is -0.378 e. The molecule has 1 fully saturated rings. The molecular weight excluding hydrogens is 328 g/mol. The standard InChI is InChI=1S/C20H20N4O2/c25-20(18-14-21-19-4-2-1-3-17(18)19)23-22-13-15-5-7-16(8-6-15)24-9-11-26-12-10-24/h1-8,13-14,21H,9-12H2,(H,23,25)/b22-13-. The molecule has 132 valence electrons. The Morgan fingerprint density at radius 2 is 1.88 bits per heavy atom. The second-order valence-corrected chi connectivity index (χ2v) is 6.14. The molecule has 0 bridgehead atoms.